The lowest BCUT2D eigenvalue weighted by Crippen LogP contribution is -2.26. The second-order valence-corrected chi connectivity index (χ2v) is 5.80. The van der Waals surface area contributed by atoms with Gasteiger partial charge < -0.3 is 14.7 Å². The lowest BCUT2D eigenvalue weighted by atomic mass is 10.0. The number of aryl methyl sites for hydroxylation is 1. The molecule has 116 valence electrons. The normalized spacial score (nSPS) is 19.4. The van der Waals surface area contributed by atoms with Gasteiger partial charge in [0.05, 0.1) is 12.7 Å². The standard InChI is InChI=1S/C19H23NO2/c1-15-20(13-14-22-15)18-10-8-17(9-11-18)19(21)12-7-16-5-3-2-4-6-16/h2-6,8-11,15,19,21H,7,12-14H2,1H3. The highest BCUT2D eigenvalue weighted by Crippen LogP contribution is 2.25. The topological polar surface area (TPSA) is 32.7 Å². The van der Waals surface area contributed by atoms with Gasteiger partial charge in [0.1, 0.15) is 6.23 Å². The van der Waals surface area contributed by atoms with Crippen LogP contribution in [0, 0.1) is 0 Å². The molecule has 1 fully saturated rings. The number of ether oxygens (including phenoxy) is 1. The Labute approximate surface area is 132 Å². The zero-order valence-corrected chi connectivity index (χ0v) is 13.0. The van der Waals surface area contributed by atoms with Crippen LogP contribution in [-0.2, 0) is 11.2 Å². The van der Waals surface area contributed by atoms with Crippen molar-refractivity contribution < 1.29 is 9.84 Å². The Morgan fingerprint density at radius 3 is 2.50 bits per heavy atom. The molecule has 0 radical (unpaired) electrons. The third-order valence-corrected chi connectivity index (χ3v) is 4.29. The molecule has 0 bridgehead atoms. The molecule has 1 aliphatic rings. The van der Waals surface area contributed by atoms with Gasteiger partial charge in [-0.1, -0.05) is 42.5 Å². The molecule has 3 nitrogen and oxygen atoms in total. The lowest BCUT2D eigenvalue weighted by Gasteiger charge is -2.22. The highest BCUT2D eigenvalue weighted by Gasteiger charge is 2.21. The van der Waals surface area contributed by atoms with Crippen molar-refractivity contribution in [3.05, 3.63) is 65.7 Å². The first-order valence-corrected chi connectivity index (χ1v) is 7.94. The molecule has 2 atom stereocenters. The first kappa shape index (κ1) is 15.1. The molecular formula is C19H23NO2. The number of aliphatic hydroxyl groups excluding tert-OH is 1. The van der Waals surface area contributed by atoms with E-state index in [-0.39, 0.29) is 6.23 Å². The quantitative estimate of drug-likeness (QED) is 0.916. The van der Waals surface area contributed by atoms with E-state index in [0.29, 0.717) is 0 Å². The van der Waals surface area contributed by atoms with Crippen LogP contribution in [0.5, 0.6) is 0 Å². The van der Waals surface area contributed by atoms with Crippen LogP contribution in [0.1, 0.15) is 30.6 Å². The molecule has 3 rings (SSSR count). The van der Waals surface area contributed by atoms with Gasteiger partial charge in [-0.15, -0.1) is 0 Å². The predicted octanol–water partition coefficient (Wildman–Crippen LogP) is 3.54. The van der Waals surface area contributed by atoms with E-state index >= 15 is 0 Å². The fourth-order valence-corrected chi connectivity index (χ4v) is 2.94. The Morgan fingerprint density at radius 2 is 1.86 bits per heavy atom. The fourth-order valence-electron chi connectivity index (χ4n) is 2.94. The first-order chi connectivity index (χ1) is 10.7. The summed E-state index contributed by atoms with van der Waals surface area (Å²) in [5, 5.41) is 10.4. The van der Waals surface area contributed by atoms with Gasteiger partial charge in [0.15, 0.2) is 0 Å². The van der Waals surface area contributed by atoms with Crippen LogP contribution in [0.4, 0.5) is 5.69 Å². The molecule has 2 aromatic rings. The molecule has 2 unspecified atom stereocenters. The Hall–Kier alpha value is -1.84. The lowest BCUT2D eigenvalue weighted by molar-refractivity contribution is 0.127. The molecule has 0 amide bonds. The van der Waals surface area contributed by atoms with Crippen molar-refractivity contribution in [2.24, 2.45) is 0 Å². The molecule has 1 saturated heterocycles. The third kappa shape index (κ3) is 3.49. The number of rotatable bonds is 5. The van der Waals surface area contributed by atoms with Gasteiger partial charge in [-0.25, -0.2) is 0 Å². The average Bonchev–Trinajstić information content (AvgIpc) is 3.00. The minimum absolute atomic E-state index is 0.133. The maximum Gasteiger partial charge on any atom is 0.127 e. The van der Waals surface area contributed by atoms with Gasteiger partial charge in [0.2, 0.25) is 0 Å². The Kier molecular flexibility index (Phi) is 4.76. The van der Waals surface area contributed by atoms with Crippen molar-refractivity contribution in [2.75, 3.05) is 18.1 Å². The van der Waals surface area contributed by atoms with Crippen LogP contribution in [0.15, 0.2) is 54.6 Å². The highest BCUT2D eigenvalue weighted by atomic mass is 16.5. The highest BCUT2D eigenvalue weighted by molar-refractivity contribution is 5.49. The van der Waals surface area contributed by atoms with Gasteiger partial charge in [0, 0.05) is 12.2 Å². The van der Waals surface area contributed by atoms with E-state index in [1.54, 1.807) is 0 Å². The molecule has 0 spiro atoms. The molecule has 0 aromatic heterocycles. The van der Waals surface area contributed by atoms with Crippen LogP contribution in [0.25, 0.3) is 0 Å². The summed E-state index contributed by atoms with van der Waals surface area (Å²) in [6, 6.07) is 18.5. The fraction of sp³-hybridized carbons (Fsp3) is 0.368. The van der Waals surface area contributed by atoms with Crippen LogP contribution in [-0.4, -0.2) is 24.5 Å². The smallest absolute Gasteiger partial charge is 0.127 e. The van der Waals surface area contributed by atoms with Crippen molar-refractivity contribution in [3.63, 3.8) is 0 Å². The summed E-state index contributed by atoms with van der Waals surface area (Å²) in [5.41, 5.74) is 3.40. The number of hydrogen-bond acceptors (Lipinski definition) is 3. The average molecular weight is 297 g/mol. The van der Waals surface area contributed by atoms with Crippen molar-refractivity contribution in [3.8, 4) is 0 Å². The van der Waals surface area contributed by atoms with Gasteiger partial charge in [-0.2, -0.15) is 0 Å². The molecule has 2 aromatic carbocycles. The SMILES string of the molecule is CC1OCCN1c1ccc(C(O)CCc2ccccc2)cc1. The summed E-state index contributed by atoms with van der Waals surface area (Å²) < 4.78 is 5.56. The zero-order chi connectivity index (χ0) is 15.4. The largest absolute Gasteiger partial charge is 0.388 e. The second kappa shape index (κ2) is 6.95. The van der Waals surface area contributed by atoms with Crippen LogP contribution in [0.3, 0.4) is 0 Å². The van der Waals surface area contributed by atoms with Crippen molar-refractivity contribution in [2.45, 2.75) is 32.1 Å². The second-order valence-electron chi connectivity index (χ2n) is 5.80. The summed E-state index contributed by atoms with van der Waals surface area (Å²) in [6.45, 7) is 3.77. The predicted molar refractivity (Wildman–Crippen MR) is 88.9 cm³/mol. The Balaban J connectivity index is 1.60. The van der Waals surface area contributed by atoms with Gasteiger partial charge >= 0.3 is 0 Å². The van der Waals surface area contributed by atoms with Crippen molar-refractivity contribution in [1.82, 2.24) is 0 Å². The van der Waals surface area contributed by atoms with Crippen LogP contribution >= 0.6 is 0 Å². The molecule has 3 heteroatoms. The number of aliphatic hydroxyl groups is 1. The van der Waals surface area contributed by atoms with E-state index < -0.39 is 6.10 Å². The summed E-state index contributed by atoms with van der Waals surface area (Å²) in [5.74, 6) is 0. The van der Waals surface area contributed by atoms with E-state index in [1.165, 1.54) is 5.56 Å². The number of benzene rings is 2. The first-order valence-electron chi connectivity index (χ1n) is 7.94. The van der Waals surface area contributed by atoms with Crippen molar-refractivity contribution in [1.29, 1.82) is 0 Å². The number of hydrogen-bond donors (Lipinski definition) is 1. The maximum absolute atomic E-state index is 10.4. The van der Waals surface area contributed by atoms with Gasteiger partial charge in [-0.3, -0.25) is 0 Å². The van der Waals surface area contributed by atoms with Crippen LogP contribution < -0.4 is 4.90 Å². The minimum Gasteiger partial charge on any atom is -0.388 e. The van der Waals surface area contributed by atoms with E-state index in [2.05, 4.69) is 36.1 Å². The summed E-state index contributed by atoms with van der Waals surface area (Å²) >= 11 is 0. The molecule has 1 N–H and O–H groups in total. The molecule has 1 heterocycles. The number of anilines is 1. The summed E-state index contributed by atoms with van der Waals surface area (Å²) in [4.78, 5) is 2.24. The van der Waals surface area contributed by atoms with E-state index in [1.807, 2.05) is 30.3 Å². The monoisotopic (exact) mass is 297 g/mol. The minimum atomic E-state index is -0.415. The van der Waals surface area contributed by atoms with Crippen molar-refractivity contribution >= 4 is 5.69 Å². The molecule has 22 heavy (non-hydrogen) atoms. The molecule has 1 aliphatic heterocycles. The Morgan fingerprint density at radius 1 is 1.14 bits per heavy atom. The van der Waals surface area contributed by atoms with Gasteiger partial charge in [-0.05, 0) is 43.0 Å². The molecule has 0 aliphatic carbocycles. The van der Waals surface area contributed by atoms with E-state index in [0.717, 1.165) is 37.2 Å². The van der Waals surface area contributed by atoms with E-state index in [9.17, 15) is 5.11 Å². The number of nitrogens with zero attached hydrogens (tertiary/aromatic N) is 1. The maximum atomic E-state index is 10.4. The van der Waals surface area contributed by atoms with Crippen LogP contribution in [0.2, 0.25) is 0 Å². The van der Waals surface area contributed by atoms with Gasteiger partial charge in [0.25, 0.3) is 0 Å². The third-order valence-electron chi connectivity index (χ3n) is 4.29. The summed E-state index contributed by atoms with van der Waals surface area (Å²) in [7, 11) is 0. The van der Waals surface area contributed by atoms with E-state index in [4.69, 9.17) is 4.74 Å². The molecule has 0 saturated carbocycles. The summed E-state index contributed by atoms with van der Waals surface area (Å²) in [6.07, 6.45) is 1.35. The molecular weight excluding hydrogens is 274 g/mol. The Bertz CT molecular complexity index is 582. The zero-order valence-electron chi connectivity index (χ0n) is 13.0.